The average molecular weight is 352 g/mol. The molecule has 3 rings (SSSR count). The largest absolute Gasteiger partial charge is 0.385 e. The van der Waals surface area contributed by atoms with Gasteiger partial charge in [-0.3, -0.25) is 9.36 Å². The van der Waals surface area contributed by atoms with Crippen molar-refractivity contribution in [3.05, 3.63) is 59.8 Å². The first-order valence-corrected chi connectivity index (χ1v) is 9.05. The molecule has 0 saturated heterocycles. The summed E-state index contributed by atoms with van der Waals surface area (Å²) in [6.07, 6.45) is 11.6. The number of thiophene rings is 1. The van der Waals surface area contributed by atoms with Crippen molar-refractivity contribution in [3.8, 4) is 0 Å². The number of fused-ring (bicyclic) bond motifs is 3. The summed E-state index contributed by atoms with van der Waals surface area (Å²) >= 11 is 1.38. The summed E-state index contributed by atoms with van der Waals surface area (Å²) < 4.78 is 2.16. The van der Waals surface area contributed by atoms with Crippen LogP contribution in [0.15, 0.2) is 54.3 Å². The van der Waals surface area contributed by atoms with Crippen LogP contribution in [-0.4, -0.2) is 21.1 Å². The number of nitrogens with one attached hydrogen (secondary N) is 1. The van der Waals surface area contributed by atoms with Crippen LogP contribution in [0.5, 0.6) is 0 Å². The number of hydrogen-bond donors (Lipinski definition) is 1. The molecule has 128 valence electrons. The molecule has 0 radical (unpaired) electrons. The van der Waals surface area contributed by atoms with Gasteiger partial charge >= 0.3 is 0 Å². The number of nitrogens with zero attached hydrogens (tertiary/aromatic N) is 3. The van der Waals surface area contributed by atoms with Crippen LogP contribution in [0.4, 0.5) is 5.69 Å². The topological polar surface area (TPSA) is 59.8 Å². The van der Waals surface area contributed by atoms with Crippen molar-refractivity contribution in [1.29, 1.82) is 0 Å². The van der Waals surface area contributed by atoms with Crippen LogP contribution < -0.4 is 10.9 Å². The molecule has 0 aliphatic rings. The smallest absolute Gasteiger partial charge is 0.275 e. The van der Waals surface area contributed by atoms with Gasteiger partial charge in [-0.2, -0.15) is 0 Å². The van der Waals surface area contributed by atoms with Crippen LogP contribution in [0.1, 0.15) is 20.3 Å². The lowest BCUT2D eigenvalue weighted by Gasteiger charge is -2.06. The standard InChI is InChI=1S/C19H20N4OS/c1-4-7-9-13(8-5-2)23-12-22-16-15-14(20-6-3)10-11-21-18(15)25-17(16)19(23)24/h5,7-12H,2,4,6H2,1,3H3,(H,20,21)/b9-7-,13-8+. The zero-order chi connectivity index (χ0) is 17.8. The Kier molecular flexibility index (Phi) is 5.09. The first-order valence-electron chi connectivity index (χ1n) is 8.23. The minimum Gasteiger partial charge on any atom is -0.385 e. The van der Waals surface area contributed by atoms with Gasteiger partial charge in [0, 0.05) is 24.1 Å². The van der Waals surface area contributed by atoms with Gasteiger partial charge in [0.1, 0.15) is 15.9 Å². The second-order valence-electron chi connectivity index (χ2n) is 5.41. The summed E-state index contributed by atoms with van der Waals surface area (Å²) in [5.74, 6) is 0. The fourth-order valence-electron chi connectivity index (χ4n) is 2.65. The lowest BCUT2D eigenvalue weighted by Crippen LogP contribution is -2.18. The Morgan fingerprint density at radius 2 is 2.24 bits per heavy atom. The quantitative estimate of drug-likeness (QED) is 0.667. The second-order valence-corrected chi connectivity index (χ2v) is 6.41. The summed E-state index contributed by atoms with van der Waals surface area (Å²) in [5, 5.41) is 4.23. The van der Waals surface area contributed by atoms with E-state index in [4.69, 9.17) is 0 Å². The Labute approximate surface area is 150 Å². The van der Waals surface area contributed by atoms with Crippen LogP contribution >= 0.6 is 11.3 Å². The number of hydrogen-bond acceptors (Lipinski definition) is 5. The molecule has 3 aromatic rings. The molecule has 0 amide bonds. The van der Waals surface area contributed by atoms with Gasteiger partial charge in [-0.15, -0.1) is 11.3 Å². The Morgan fingerprint density at radius 1 is 1.40 bits per heavy atom. The lowest BCUT2D eigenvalue weighted by atomic mass is 10.2. The molecule has 0 unspecified atom stereocenters. The molecule has 0 aromatic carbocycles. The molecular weight excluding hydrogens is 332 g/mol. The molecule has 6 heteroatoms. The van der Waals surface area contributed by atoms with Gasteiger partial charge in [0.2, 0.25) is 0 Å². The Bertz CT molecular complexity index is 1040. The normalized spacial score (nSPS) is 12.3. The van der Waals surface area contributed by atoms with Gasteiger partial charge < -0.3 is 5.32 Å². The number of pyridine rings is 1. The molecule has 3 heterocycles. The minimum absolute atomic E-state index is 0.0932. The van der Waals surface area contributed by atoms with Gasteiger partial charge in [0.05, 0.1) is 10.9 Å². The molecule has 0 aliphatic carbocycles. The van der Waals surface area contributed by atoms with E-state index in [1.54, 1.807) is 29.2 Å². The van der Waals surface area contributed by atoms with Crippen LogP contribution in [0.25, 0.3) is 26.1 Å². The van der Waals surface area contributed by atoms with Gasteiger partial charge in [-0.05, 0) is 31.6 Å². The van der Waals surface area contributed by atoms with E-state index in [-0.39, 0.29) is 5.56 Å². The molecule has 3 aromatic heterocycles. The van der Waals surface area contributed by atoms with Crippen LogP contribution in [0.3, 0.4) is 0 Å². The Morgan fingerprint density at radius 3 is 2.96 bits per heavy atom. The van der Waals surface area contributed by atoms with Crippen LogP contribution in [0, 0.1) is 0 Å². The van der Waals surface area contributed by atoms with E-state index in [1.165, 1.54) is 11.3 Å². The zero-order valence-electron chi connectivity index (χ0n) is 14.3. The maximum absolute atomic E-state index is 13.0. The molecule has 0 bridgehead atoms. The van der Waals surface area contributed by atoms with Crippen molar-refractivity contribution in [3.63, 3.8) is 0 Å². The number of allylic oxidation sites excluding steroid dienone is 5. The summed E-state index contributed by atoms with van der Waals surface area (Å²) in [6.45, 7) is 8.61. The Hall–Kier alpha value is -2.73. The molecule has 0 atom stereocenters. The van der Waals surface area contributed by atoms with E-state index in [9.17, 15) is 4.79 Å². The minimum atomic E-state index is -0.0932. The highest BCUT2D eigenvalue weighted by Gasteiger charge is 2.15. The fraction of sp³-hybridized carbons (Fsp3) is 0.211. The van der Waals surface area contributed by atoms with Crippen molar-refractivity contribution in [1.82, 2.24) is 14.5 Å². The van der Waals surface area contributed by atoms with E-state index in [0.717, 1.165) is 34.6 Å². The third kappa shape index (κ3) is 3.13. The predicted molar refractivity (Wildman–Crippen MR) is 107 cm³/mol. The molecule has 0 saturated carbocycles. The molecule has 0 fully saturated rings. The molecule has 0 spiro atoms. The first kappa shape index (κ1) is 17.1. The van der Waals surface area contributed by atoms with Gasteiger partial charge in [-0.1, -0.05) is 25.7 Å². The van der Waals surface area contributed by atoms with Crippen molar-refractivity contribution < 1.29 is 0 Å². The van der Waals surface area contributed by atoms with Crippen molar-refractivity contribution in [2.24, 2.45) is 0 Å². The SMILES string of the molecule is C=C/C=C(\C=C/CC)n1cnc2c(sc3nccc(NCC)c32)c1=O. The molecule has 25 heavy (non-hydrogen) atoms. The Balaban J connectivity index is 2.28. The lowest BCUT2D eigenvalue weighted by molar-refractivity contribution is 0.999. The summed E-state index contributed by atoms with van der Waals surface area (Å²) in [5.41, 5.74) is 2.30. The summed E-state index contributed by atoms with van der Waals surface area (Å²) in [4.78, 5) is 22.8. The summed E-state index contributed by atoms with van der Waals surface area (Å²) in [7, 11) is 0. The van der Waals surface area contributed by atoms with E-state index >= 15 is 0 Å². The average Bonchev–Trinajstić information content (AvgIpc) is 3.00. The van der Waals surface area contributed by atoms with E-state index in [1.807, 2.05) is 32.1 Å². The predicted octanol–water partition coefficient (Wildman–Crippen LogP) is 4.43. The monoisotopic (exact) mass is 352 g/mol. The molecule has 1 N–H and O–H groups in total. The highest BCUT2D eigenvalue weighted by molar-refractivity contribution is 7.25. The third-order valence-corrected chi connectivity index (χ3v) is 4.82. The van der Waals surface area contributed by atoms with Crippen molar-refractivity contribution >= 4 is 43.2 Å². The van der Waals surface area contributed by atoms with Gasteiger partial charge in [0.15, 0.2) is 0 Å². The van der Waals surface area contributed by atoms with E-state index in [0.29, 0.717) is 10.2 Å². The van der Waals surface area contributed by atoms with Gasteiger partial charge in [0.25, 0.3) is 5.56 Å². The fourth-order valence-corrected chi connectivity index (χ4v) is 3.70. The maximum atomic E-state index is 13.0. The third-order valence-electron chi connectivity index (χ3n) is 3.74. The molecule has 0 aliphatic heterocycles. The molecule has 5 nitrogen and oxygen atoms in total. The van der Waals surface area contributed by atoms with Gasteiger partial charge in [-0.25, -0.2) is 9.97 Å². The summed E-state index contributed by atoms with van der Waals surface area (Å²) in [6, 6.07) is 1.91. The second kappa shape index (κ2) is 7.44. The zero-order valence-corrected chi connectivity index (χ0v) is 15.1. The first-order chi connectivity index (χ1) is 12.2. The van der Waals surface area contributed by atoms with E-state index in [2.05, 4.69) is 21.9 Å². The highest BCUT2D eigenvalue weighted by atomic mass is 32.1. The highest BCUT2D eigenvalue weighted by Crippen LogP contribution is 2.34. The number of rotatable bonds is 6. The maximum Gasteiger partial charge on any atom is 0.275 e. The molecular formula is C19H20N4OS. The van der Waals surface area contributed by atoms with Crippen molar-refractivity contribution in [2.75, 3.05) is 11.9 Å². The number of aromatic nitrogens is 3. The number of anilines is 1. The van der Waals surface area contributed by atoms with Crippen molar-refractivity contribution in [2.45, 2.75) is 20.3 Å². The van der Waals surface area contributed by atoms with Crippen LogP contribution in [0.2, 0.25) is 0 Å². The van der Waals surface area contributed by atoms with Crippen LogP contribution in [-0.2, 0) is 0 Å². The van der Waals surface area contributed by atoms with E-state index < -0.39 is 0 Å².